The molecule has 0 N–H and O–H groups in total. The standard InChI is InChI=1S/C12H20BNO2/c1-5-15-13(16-6-2)11-9-7-8-10-12(11)14(3)4/h7-10H,5-6H2,1-4H3. The van der Waals surface area contributed by atoms with Crippen molar-refractivity contribution in [1.29, 1.82) is 0 Å². The van der Waals surface area contributed by atoms with Gasteiger partial charge in [-0.25, -0.2) is 0 Å². The quantitative estimate of drug-likeness (QED) is 0.680. The van der Waals surface area contributed by atoms with Gasteiger partial charge in [-0.2, -0.15) is 0 Å². The third-order valence-electron chi connectivity index (χ3n) is 2.31. The second-order valence-corrected chi connectivity index (χ2v) is 3.70. The lowest BCUT2D eigenvalue weighted by Crippen LogP contribution is -2.39. The smallest absolute Gasteiger partial charge is 0.408 e. The zero-order valence-corrected chi connectivity index (χ0v) is 10.6. The van der Waals surface area contributed by atoms with Crippen LogP contribution in [0.2, 0.25) is 0 Å². The van der Waals surface area contributed by atoms with E-state index in [0.717, 1.165) is 11.2 Å². The van der Waals surface area contributed by atoms with Crippen LogP contribution in [0.1, 0.15) is 13.8 Å². The van der Waals surface area contributed by atoms with Crippen LogP contribution >= 0.6 is 0 Å². The fourth-order valence-electron chi connectivity index (χ4n) is 1.62. The van der Waals surface area contributed by atoms with Crippen LogP contribution in [0.5, 0.6) is 0 Å². The van der Waals surface area contributed by atoms with Gasteiger partial charge in [0.25, 0.3) is 0 Å². The van der Waals surface area contributed by atoms with Gasteiger partial charge in [0, 0.05) is 38.5 Å². The molecule has 0 aromatic heterocycles. The topological polar surface area (TPSA) is 21.7 Å². The molecular weight excluding hydrogens is 201 g/mol. The molecule has 0 bridgehead atoms. The van der Waals surface area contributed by atoms with Crippen molar-refractivity contribution in [1.82, 2.24) is 0 Å². The summed E-state index contributed by atoms with van der Waals surface area (Å²) in [5.41, 5.74) is 2.21. The van der Waals surface area contributed by atoms with E-state index in [-0.39, 0.29) is 7.12 Å². The Labute approximate surface area is 98.5 Å². The molecule has 0 heterocycles. The fraction of sp³-hybridized carbons (Fsp3) is 0.500. The van der Waals surface area contributed by atoms with Gasteiger partial charge in [0.2, 0.25) is 0 Å². The summed E-state index contributed by atoms with van der Waals surface area (Å²) >= 11 is 0. The van der Waals surface area contributed by atoms with Gasteiger partial charge in [0.05, 0.1) is 0 Å². The molecule has 0 spiro atoms. The van der Waals surface area contributed by atoms with Crippen molar-refractivity contribution >= 4 is 18.3 Å². The number of anilines is 1. The Morgan fingerprint density at radius 1 is 1.06 bits per heavy atom. The van der Waals surface area contributed by atoms with Crippen molar-refractivity contribution in [2.75, 3.05) is 32.2 Å². The molecule has 0 amide bonds. The van der Waals surface area contributed by atoms with Crippen molar-refractivity contribution < 1.29 is 9.31 Å². The van der Waals surface area contributed by atoms with Crippen molar-refractivity contribution in [3.8, 4) is 0 Å². The fourth-order valence-corrected chi connectivity index (χ4v) is 1.62. The van der Waals surface area contributed by atoms with E-state index in [0.29, 0.717) is 13.2 Å². The minimum absolute atomic E-state index is 0.270. The van der Waals surface area contributed by atoms with Crippen LogP contribution in [-0.4, -0.2) is 34.4 Å². The Kier molecular flexibility index (Phi) is 5.36. The zero-order chi connectivity index (χ0) is 12.0. The summed E-state index contributed by atoms with van der Waals surface area (Å²) in [5.74, 6) is 0. The molecule has 16 heavy (non-hydrogen) atoms. The molecule has 0 atom stereocenters. The van der Waals surface area contributed by atoms with Gasteiger partial charge >= 0.3 is 7.12 Å². The summed E-state index contributed by atoms with van der Waals surface area (Å²) in [6.07, 6.45) is 0. The molecule has 0 saturated heterocycles. The Morgan fingerprint density at radius 2 is 1.62 bits per heavy atom. The zero-order valence-electron chi connectivity index (χ0n) is 10.6. The van der Waals surface area contributed by atoms with Gasteiger partial charge in [-0.1, -0.05) is 18.2 Å². The van der Waals surface area contributed by atoms with Gasteiger partial charge < -0.3 is 14.2 Å². The van der Waals surface area contributed by atoms with E-state index in [1.165, 1.54) is 0 Å². The molecule has 1 rings (SSSR count). The second-order valence-electron chi connectivity index (χ2n) is 3.70. The molecule has 4 heteroatoms. The van der Waals surface area contributed by atoms with Crippen LogP contribution in [0.3, 0.4) is 0 Å². The summed E-state index contributed by atoms with van der Waals surface area (Å²) in [6, 6.07) is 8.15. The minimum atomic E-state index is -0.270. The van der Waals surface area contributed by atoms with Gasteiger partial charge in [-0.05, 0) is 19.9 Å². The highest BCUT2D eigenvalue weighted by Gasteiger charge is 2.23. The minimum Gasteiger partial charge on any atom is -0.408 e. The Bertz CT molecular complexity index is 312. The van der Waals surface area contributed by atoms with Gasteiger partial charge in [0.15, 0.2) is 0 Å². The maximum Gasteiger partial charge on any atom is 0.495 e. The number of hydrogen-bond acceptors (Lipinski definition) is 3. The van der Waals surface area contributed by atoms with Crippen molar-refractivity contribution in [2.45, 2.75) is 13.8 Å². The van der Waals surface area contributed by atoms with Crippen LogP contribution < -0.4 is 10.4 Å². The molecule has 1 aromatic rings. The van der Waals surface area contributed by atoms with E-state index in [4.69, 9.17) is 9.31 Å². The molecule has 1 aromatic carbocycles. The number of para-hydroxylation sites is 1. The number of rotatable bonds is 6. The van der Waals surface area contributed by atoms with Crippen molar-refractivity contribution in [3.63, 3.8) is 0 Å². The van der Waals surface area contributed by atoms with Crippen LogP contribution in [0.4, 0.5) is 5.69 Å². The average molecular weight is 221 g/mol. The second kappa shape index (κ2) is 6.56. The van der Waals surface area contributed by atoms with Crippen LogP contribution in [0.25, 0.3) is 0 Å². The maximum absolute atomic E-state index is 5.61. The third-order valence-corrected chi connectivity index (χ3v) is 2.31. The van der Waals surface area contributed by atoms with E-state index < -0.39 is 0 Å². The average Bonchev–Trinajstić information content (AvgIpc) is 2.29. The highest BCUT2D eigenvalue weighted by atomic mass is 16.6. The number of hydrogen-bond donors (Lipinski definition) is 0. The molecule has 0 aliphatic heterocycles. The highest BCUT2D eigenvalue weighted by Crippen LogP contribution is 2.09. The van der Waals surface area contributed by atoms with Crippen LogP contribution in [-0.2, 0) is 9.31 Å². The largest absolute Gasteiger partial charge is 0.495 e. The molecule has 0 aliphatic carbocycles. The summed E-state index contributed by atoms with van der Waals surface area (Å²) < 4.78 is 11.2. The highest BCUT2D eigenvalue weighted by molar-refractivity contribution is 6.63. The first kappa shape index (κ1) is 13.1. The Balaban J connectivity index is 2.97. The van der Waals surface area contributed by atoms with Crippen molar-refractivity contribution in [2.24, 2.45) is 0 Å². The van der Waals surface area contributed by atoms with Crippen LogP contribution in [0, 0.1) is 0 Å². The van der Waals surface area contributed by atoms with Crippen molar-refractivity contribution in [3.05, 3.63) is 24.3 Å². The first-order chi connectivity index (χ1) is 7.70. The molecule has 88 valence electrons. The molecule has 0 fully saturated rings. The van der Waals surface area contributed by atoms with E-state index in [1.54, 1.807) is 0 Å². The van der Waals surface area contributed by atoms with E-state index in [1.807, 2.05) is 46.1 Å². The lowest BCUT2D eigenvalue weighted by molar-refractivity contribution is 0.225. The first-order valence-electron chi connectivity index (χ1n) is 5.70. The summed E-state index contributed by atoms with van der Waals surface area (Å²) in [6.45, 7) is 5.24. The normalized spacial score (nSPS) is 10.2. The molecular formula is C12H20BNO2. The predicted molar refractivity (Wildman–Crippen MR) is 69.4 cm³/mol. The molecule has 0 unspecified atom stereocenters. The molecule has 3 nitrogen and oxygen atoms in total. The Hall–Kier alpha value is -0.995. The lowest BCUT2D eigenvalue weighted by atomic mass is 9.77. The number of nitrogens with zero attached hydrogens (tertiary/aromatic N) is 1. The Morgan fingerprint density at radius 3 is 2.12 bits per heavy atom. The number of benzene rings is 1. The van der Waals surface area contributed by atoms with Crippen LogP contribution in [0.15, 0.2) is 24.3 Å². The summed E-state index contributed by atoms with van der Waals surface area (Å²) in [4.78, 5) is 2.07. The first-order valence-corrected chi connectivity index (χ1v) is 5.70. The third kappa shape index (κ3) is 3.25. The summed E-state index contributed by atoms with van der Waals surface area (Å²) in [7, 11) is 3.77. The molecule has 0 saturated carbocycles. The van der Waals surface area contributed by atoms with E-state index >= 15 is 0 Å². The van der Waals surface area contributed by atoms with E-state index in [9.17, 15) is 0 Å². The van der Waals surface area contributed by atoms with Gasteiger partial charge in [-0.3, -0.25) is 0 Å². The lowest BCUT2D eigenvalue weighted by Gasteiger charge is -2.20. The molecule has 0 radical (unpaired) electrons. The van der Waals surface area contributed by atoms with Gasteiger partial charge in [0.1, 0.15) is 0 Å². The summed E-state index contributed by atoms with van der Waals surface area (Å²) in [5, 5.41) is 0. The van der Waals surface area contributed by atoms with Gasteiger partial charge in [-0.15, -0.1) is 0 Å². The maximum atomic E-state index is 5.61. The SMILES string of the molecule is CCOB(OCC)c1ccccc1N(C)C. The predicted octanol–water partition coefficient (Wildman–Crippen LogP) is 1.52. The molecule has 0 aliphatic rings. The van der Waals surface area contributed by atoms with E-state index in [2.05, 4.69) is 11.0 Å². The monoisotopic (exact) mass is 221 g/mol.